The summed E-state index contributed by atoms with van der Waals surface area (Å²) >= 11 is 0. The summed E-state index contributed by atoms with van der Waals surface area (Å²) in [4.78, 5) is 4.31. The van der Waals surface area contributed by atoms with Crippen molar-refractivity contribution in [3.05, 3.63) is 53.3 Å². The third-order valence-electron chi connectivity index (χ3n) is 3.30. The van der Waals surface area contributed by atoms with Crippen LogP contribution in [0, 0.1) is 6.92 Å². The molecule has 0 saturated carbocycles. The maximum absolute atomic E-state index is 10.5. The van der Waals surface area contributed by atoms with Crippen molar-refractivity contribution in [2.75, 3.05) is 14.2 Å². The number of aromatic nitrogens is 1. The highest BCUT2D eigenvalue weighted by molar-refractivity contribution is 5.42. The number of aliphatic hydroxyl groups excluding tert-OH is 1. The van der Waals surface area contributed by atoms with Crippen LogP contribution in [0.15, 0.2) is 36.5 Å². The van der Waals surface area contributed by atoms with E-state index in [-0.39, 0.29) is 0 Å². The van der Waals surface area contributed by atoms with E-state index < -0.39 is 6.10 Å². The number of hydrogen-bond donors (Lipinski definition) is 1. The highest BCUT2D eigenvalue weighted by Crippen LogP contribution is 2.31. The lowest BCUT2D eigenvalue weighted by Crippen LogP contribution is -2.07. The van der Waals surface area contributed by atoms with Crippen molar-refractivity contribution in [3.8, 4) is 11.5 Å². The number of ether oxygens (including phenoxy) is 2. The molecule has 4 nitrogen and oxygen atoms in total. The molecular weight excluding hydrogens is 254 g/mol. The molecule has 4 heteroatoms. The van der Waals surface area contributed by atoms with Crippen molar-refractivity contribution < 1.29 is 14.6 Å². The molecule has 1 N–H and O–H groups in total. The van der Waals surface area contributed by atoms with Crippen LogP contribution in [0.3, 0.4) is 0 Å². The molecule has 1 heterocycles. The predicted molar refractivity (Wildman–Crippen MR) is 77.2 cm³/mol. The molecule has 106 valence electrons. The van der Waals surface area contributed by atoms with Gasteiger partial charge in [-0.25, -0.2) is 0 Å². The number of nitrogens with zero attached hydrogens (tertiary/aromatic N) is 1. The largest absolute Gasteiger partial charge is 0.497 e. The Balaban J connectivity index is 2.28. The van der Waals surface area contributed by atoms with E-state index in [1.165, 1.54) is 0 Å². The van der Waals surface area contributed by atoms with Crippen LogP contribution in [0.1, 0.15) is 22.9 Å². The fourth-order valence-electron chi connectivity index (χ4n) is 2.12. The molecule has 0 amide bonds. The number of methoxy groups -OCH3 is 2. The summed E-state index contributed by atoms with van der Waals surface area (Å²) in [5, 5.41) is 10.5. The zero-order valence-corrected chi connectivity index (χ0v) is 12.0. The molecule has 0 saturated heterocycles. The normalized spacial score (nSPS) is 12.0. The molecule has 2 aromatic rings. The van der Waals surface area contributed by atoms with Crippen molar-refractivity contribution in [3.63, 3.8) is 0 Å². The molecule has 0 aliphatic carbocycles. The minimum atomic E-state index is -0.686. The van der Waals surface area contributed by atoms with Gasteiger partial charge in [0, 0.05) is 23.9 Å². The van der Waals surface area contributed by atoms with E-state index in [9.17, 15) is 5.11 Å². The highest BCUT2D eigenvalue weighted by atomic mass is 16.5. The SMILES string of the molecule is COc1ccc(OC)c(C(O)Cc2ncccc2C)c1. The first-order chi connectivity index (χ1) is 9.65. The van der Waals surface area contributed by atoms with E-state index >= 15 is 0 Å². The molecule has 0 radical (unpaired) electrons. The smallest absolute Gasteiger partial charge is 0.124 e. The minimum absolute atomic E-state index is 0.441. The lowest BCUT2D eigenvalue weighted by molar-refractivity contribution is 0.172. The Hall–Kier alpha value is -2.07. The number of aryl methyl sites for hydroxylation is 1. The summed E-state index contributed by atoms with van der Waals surface area (Å²) in [5.74, 6) is 1.34. The number of hydrogen-bond acceptors (Lipinski definition) is 4. The summed E-state index contributed by atoms with van der Waals surface area (Å²) in [7, 11) is 3.19. The molecule has 0 spiro atoms. The van der Waals surface area contributed by atoms with Gasteiger partial charge in [-0.15, -0.1) is 0 Å². The van der Waals surface area contributed by atoms with E-state index in [1.54, 1.807) is 38.6 Å². The third-order valence-corrected chi connectivity index (χ3v) is 3.30. The molecule has 2 rings (SSSR count). The Morgan fingerprint density at radius 2 is 2.00 bits per heavy atom. The molecule has 20 heavy (non-hydrogen) atoms. The van der Waals surface area contributed by atoms with Gasteiger partial charge in [0.2, 0.25) is 0 Å². The fraction of sp³-hybridized carbons (Fsp3) is 0.312. The Kier molecular flexibility index (Phi) is 4.58. The lowest BCUT2D eigenvalue weighted by atomic mass is 10.0. The molecule has 1 aromatic carbocycles. The van der Waals surface area contributed by atoms with Gasteiger partial charge in [-0.2, -0.15) is 0 Å². The summed E-state index contributed by atoms with van der Waals surface area (Å²) < 4.78 is 10.5. The lowest BCUT2D eigenvalue weighted by Gasteiger charge is -2.16. The van der Waals surface area contributed by atoms with Crippen LogP contribution in [-0.2, 0) is 6.42 Å². The zero-order valence-electron chi connectivity index (χ0n) is 12.0. The Morgan fingerprint density at radius 1 is 1.20 bits per heavy atom. The van der Waals surface area contributed by atoms with E-state index in [2.05, 4.69) is 4.98 Å². The van der Waals surface area contributed by atoms with Gasteiger partial charge in [0.05, 0.1) is 20.3 Å². The van der Waals surface area contributed by atoms with Crippen molar-refractivity contribution in [2.24, 2.45) is 0 Å². The quantitative estimate of drug-likeness (QED) is 0.910. The van der Waals surface area contributed by atoms with Gasteiger partial charge >= 0.3 is 0 Å². The van der Waals surface area contributed by atoms with Gasteiger partial charge in [-0.05, 0) is 36.8 Å². The van der Waals surface area contributed by atoms with Gasteiger partial charge in [-0.3, -0.25) is 4.98 Å². The van der Waals surface area contributed by atoms with Gasteiger partial charge in [0.25, 0.3) is 0 Å². The van der Waals surface area contributed by atoms with Crippen molar-refractivity contribution in [1.82, 2.24) is 4.98 Å². The van der Waals surface area contributed by atoms with E-state index in [0.29, 0.717) is 23.5 Å². The topological polar surface area (TPSA) is 51.6 Å². The van der Waals surface area contributed by atoms with Crippen LogP contribution in [0.25, 0.3) is 0 Å². The van der Waals surface area contributed by atoms with Crippen LogP contribution in [0.4, 0.5) is 0 Å². The highest BCUT2D eigenvalue weighted by Gasteiger charge is 2.16. The van der Waals surface area contributed by atoms with Crippen LogP contribution in [-0.4, -0.2) is 24.3 Å². The maximum atomic E-state index is 10.5. The second-order valence-electron chi connectivity index (χ2n) is 4.59. The number of rotatable bonds is 5. The van der Waals surface area contributed by atoms with Crippen LogP contribution in [0.2, 0.25) is 0 Å². The summed E-state index contributed by atoms with van der Waals surface area (Å²) in [6.07, 6.45) is 1.49. The molecule has 1 unspecified atom stereocenters. The van der Waals surface area contributed by atoms with E-state index in [0.717, 1.165) is 11.3 Å². The predicted octanol–water partition coefficient (Wildman–Crippen LogP) is 2.68. The maximum Gasteiger partial charge on any atom is 0.124 e. The summed E-state index contributed by atoms with van der Waals surface area (Å²) in [5.41, 5.74) is 2.65. The minimum Gasteiger partial charge on any atom is -0.497 e. The second-order valence-corrected chi connectivity index (χ2v) is 4.59. The molecule has 1 atom stereocenters. The molecule has 1 aromatic heterocycles. The molecule has 0 fully saturated rings. The van der Waals surface area contributed by atoms with Gasteiger partial charge < -0.3 is 14.6 Å². The monoisotopic (exact) mass is 273 g/mol. The average molecular weight is 273 g/mol. The Labute approximate surface area is 119 Å². The first-order valence-electron chi connectivity index (χ1n) is 6.46. The van der Waals surface area contributed by atoms with E-state index in [4.69, 9.17) is 9.47 Å². The van der Waals surface area contributed by atoms with E-state index in [1.807, 2.05) is 19.1 Å². The van der Waals surface area contributed by atoms with Gasteiger partial charge in [0.1, 0.15) is 11.5 Å². The number of pyridine rings is 1. The number of aliphatic hydroxyl groups is 1. The Morgan fingerprint density at radius 3 is 2.65 bits per heavy atom. The second kappa shape index (κ2) is 6.39. The summed E-state index contributed by atoms with van der Waals surface area (Å²) in [6, 6.07) is 9.26. The van der Waals surface area contributed by atoms with Crippen molar-refractivity contribution in [1.29, 1.82) is 0 Å². The first-order valence-corrected chi connectivity index (χ1v) is 6.46. The van der Waals surface area contributed by atoms with Gasteiger partial charge in [-0.1, -0.05) is 6.07 Å². The average Bonchev–Trinajstić information content (AvgIpc) is 2.48. The molecular formula is C16H19NO3. The van der Waals surface area contributed by atoms with Crippen LogP contribution in [0.5, 0.6) is 11.5 Å². The third kappa shape index (κ3) is 3.08. The molecule has 0 aliphatic heterocycles. The Bertz CT molecular complexity index is 584. The van der Waals surface area contributed by atoms with Gasteiger partial charge in [0.15, 0.2) is 0 Å². The van der Waals surface area contributed by atoms with Crippen LogP contribution >= 0.6 is 0 Å². The van der Waals surface area contributed by atoms with Crippen LogP contribution < -0.4 is 9.47 Å². The molecule has 0 bridgehead atoms. The zero-order chi connectivity index (χ0) is 14.5. The molecule has 0 aliphatic rings. The van der Waals surface area contributed by atoms with Crippen molar-refractivity contribution >= 4 is 0 Å². The first kappa shape index (κ1) is 14.3. The standard InChI is InChI=1S/C16H19NO3/c1-11-5-4-8-17-14(11)10-15(18)13-9-12(19-2)6-7-16(13)20-3/h4-9,15,18H,10H2,1-3H3. The summed E-state index contributed by atoms with van der Waals surface area (Å²) in [6.45, 7) is 1.98. The fourth-order valence-corrected chi connectivity index (χ4v) is 2.12. The number of benzene rings is 1. The van der Waals surface area contributed by atoms with Crippen molar-refractivity contribution in [2.45, 2.75) is 19.4 Å².